The van der Waals surface area contributed by atoms with E-state index >= 15 is 0 Å². The van der Waals surface area contributed by atoms with Crippen molar-refractivity contribution in [1.82, 2.24) is 15.6 Å². The third-order valence-electron chi connectivity index (χ3n) is 4.35. The molecule has 2 heterocycles. The number of rotatable bonds is 6. The van der Waals surface area contributed by atoms with Gasteiger partial charge in [-0.05, 0) is 23.6 Å². The van der Waals surface area contributed by atoms with Crippen LogP contribution >= 0.6 is 35.3 Å². The molecule has 0 fully saturated rings. The number of thiazole rings is 1. The van der Waals surface area contributed by atoms with E-state index in [1.54, 1.807) is 18.4 Å². The van der Waals surface area contributed by atoms with Gasteiger partial charge in [0.1, 0.15) is 5.01 Å². The minimum atomic E-state index is 0. The van der Waals surface area contributed by atoms with Crippen LogP contribution in [0.1, 0.15) is 36.0 Å². The van der Waals surface area contributed by atoms with Crippen LogP contribution in [0.5, 0.6) is 0 Å². The first-order valence-corrected chi connectivity index (χ1v) is 9.91. The molecule has 5 nitrogen and oxygen atoms in total. The molecule has 0 bridgehead atoms. The summed E-state index contributed by atoms with van der Waals surface area (Å²) in [6, 6.07) is 8.66. The number of aromatic nitrogens is 1. The minimum Gasteiger partial charge on any atom is -0.364 e. The lowest BCUT2D eigenvalue weighted by Crippen LogP contribution is -2.36. The van der Waals surface area contributed by atoms with Crippen LogP contribution in [0.25, 0.3) is 0 Å². The zero-order valence-corrected chi connectivity index (χ0v) is 19.3. The number of anilines is 1. The summed E-state index contributed by atoms with van der Waals surface area (Å²) in [5.41, 5.74) is 3.66. The summed E-state index contributed by atoms with van der Waals surface area (Å²) < 4.78 is 0. The van der Waals surface area contributed by atoms with Gasteiger partial charge in [0.15, 0.2) is 5.96 Å². The molecule has 0 atom stereocenters. The molecule has 2 aromatic rings. The molecule has 0 saturated carbocycles. The molecule has 1 aromatic carbocycles. The van der Waals surface area contributed by atoms with E-state index in [1.807, 2.05) is 0 Å². The van der Waals surface area contributed by atoms with Crippen LogP contribution in [0.15, 0.2) is 46.8 Å². The van der Waals surface area contributed by atoms with Gasteiger partial charge in [0.2, 0.25) is 0 Å². The second kappa shape index (κ2) is 10.7. The van der Waals surface area contributed by atoms with E-state index in [0.717, 1.165) is 36.3 Å². The molecule has 1 aliphatic rings. The topological polar surface area (TPSA) is 52.6 Å². The normalized spacial score (nSPS) is 13.8. The van der Waals surface area contributed by atoms with E-state index in [1.165, 1.54) is 11.3 Å². The summed E-state index contributed by atoms with van der Waals surface area (Å²) in [5.74, 6) is 1.26. The molecule has 1 aliphatic heterocycles. The Kier molecular flexibility index (Phi) is 8.56. The standard InChI is InChI=1S/C20H27N5S.HI/c1-15(2)18-14-26-19(24-18)13-23-20(21-3)22-12-16-7-6-8-17(11-16)25-9-4-5-10-25;/h4-8,11,14-15H,9-10,12-13H2,1-3H3,(H2,21,22,23);1H. The van der Waals surface area contributed by atoms with Crippen LogP contribution in [-0.2, 0) is 13.1 Å². The monoisotopic (exact) mass is 497 g/mol. The Morgan fingerprint density at radius 1 is 1.22 bits per heavy atom. The Labute approximate surface area is 183 Å². The zero-order valence-electron chi connectivity index (χ0n) is 16.1. The predicted octanol–water partition coefficient (Wildman–Crippen LogP) is 4.13. The van der Waals surface area contributed by atoms with E-state index in [-0.39, 0.29) is 24.0 Å². The van der Waals surface area contributed by atoms with Gasteiger partial charge in [-0.3, -0.25) is 4.99 Å². The van der Waals surface area contributed by atoms with Crippen molar-refractivity contribution in [2.24, 2.45) is 4.99 Å². The van der Waals surface area contributed by atoms with Gasteiger partial charge in [-0.2, -0.15) is 0 Å². The Balaban J connectivity index is 0.00000261. The molecule has 146 valence electrons. The first-order valence-electron chi connectivity index (χ1n) is 9.03. The first kappa shape index (κ1) is 21.7. The SMILES string of the molecule is CN=C(NCc1cccc(N2CC=CC2)c1)NCc1nc(C(C)C)cs1.I. The second-order valence-corrected chi connectivity index (χ2v) is 7.59. The Bertz CT molecular complexity index is 776. The molecule has 0 aliphatic carbocycles. The van der Waals surface area contributed by atoms with E-state index < -0.39 is 0 Å². The van der Waals surface area contributed by atoms with Crippen LogP contribution in [0, 0.1) is 0 Å². The number of nitrogens with one attached hydrogen (secondary N) is 2. The lowest BCUT2D eigenvalue weighted by atomic mass is 10.2. The molecule has 2 N–H and O–H groups in total. The largest absolute Gasteiger partial charge is 0.364 e. The number of halogens is 1. The van der Waals surface area contributed by atoms with Crippen LogP contribution in [0.4, 0.5) is 5.69 Å². The number of nitrogens with zero attached hydrogens (tertiary/aromatic N) is 3. The van der Waals surface area contributed by atoms with Gasteiger partial charge in [0.05, 0.1) is 12.2 Å². The molecular formula is C20H28IN5S. The van der Waals surface area contributed by atoms with Crippen LogP contribution < -0.4 is 15.5 Å². The number of hydrogen-bond acceptors (Lipinski definition) is 4. The van der Waals surface area contributed by atoms with E-state index in [4.69, 9.17) is 0 Å². The lowest BCUT2D eigenvalue weighted by Gasteiger charge is -2.19. The van der Waals surface area contributed by atoms with Crippen LogP contribution in [0.2, 0.25) is 0 Å². The van der Waals surface area contributed by atoms with Gasteiger partial charge in [0.25, 0.3) is 0 Å². The van der Waals surface area contributed by atoms with Gasteiger partial charge in [-0.25, -0.2) is 4.98 Å². The van der Waals surface area contributed by atoms with Crippen molar-refractivity contribution in [3.05, 3.63) is 58.1 Å². The summed E-state index contributed by atoms with van der Waals surface area (Å²) in [4.78, 5) is 11.3. The molecule has 3 rings (SSSR count). The highest BCUT2D eigenvalue weighted by molar-refractivity contribution is 14.0. The quantitative estimate of drug-likeness (QED) is 0.273. The maximum absolute atomic E-state index is 4.65. The Morgan fingerprint density at radius 2 is 1.96 bits per heavy atom. The molecule has 0 amide bonds. The average Bonchev–Trinajstić information content (AvgIpc) is 3.34. The van der Waals surface area contributed by atoms with Crippen molar-refractivity contribution in [2.75, 3.05) is 25.0 Å². The van der Waals surface area contributed by atoms with E-state index in [2.05, 4.69) is 81.2 Å². The molecule has 27 heavy (non-hydrogen) atoms. The summed E-state index contributed by atoms with van der Waals surface area (Å²) in [5, 5.41) is 9.95. The third-order valence-corrected chi connectivity index (χ3v) is 5.21. The predicted molar refractivity (Wildman–Crippen MR) is 126 cm³/mol. The maximum atomic E-state index is 4.65. The summed E-state index contributed by atoms with van der Waals surface area (Å²) in [6.07, 6.45) is 4.42. The number of hydrogen-bond donors (Lipinski definition) is 2. The van der Waals surface area contributed by atoms with Gasteiger partial charge in [-0.15, -0.1) is 35.3 Å². The highest BCUT2D eigenvalue weighted by Gasteiger charge is 2.09. The fourth-order valence-corrected chi connectivity index (χ4v) is 3.68. The molecule has 1 aromatic heterocycles. The van der Waals surface area contributed by atoms with Crippen LogP contribution in [0.3, 0.4) is 0 Å². The maximum Gasteiger partial charge on any atom is 0.191 e. The Hall–Kier alpha value is -1.61. The molecule has 0 spiro atoms. The minimum absolute atomic E-state index is 0. The van der Waals surface area contributed by atoms with Crippen molar-refractivity contribution in [1.29, 1.82) is 0 Å². The first-order chi connectivity index (χ1) is 12.7. The molecule has 7 heteroatoms. The molecule has 0 unspecified atom stereocenters. The zero-order chi connectivity index (χ0) is 18.4. The van der Waals surface area contributed by atoms with Crippen molar-refractivity contribution >= 4 is 47.0 Å². The van der Waals surface area contributed by atoms with Gasteiger partial charge < -0.3 is 15.5 Å². The molecule has 0 radical (unpaired) electrons. The van der Waals surface area contributed by atoms with Crippen molar-refractivity contribution in [3.8, 4) is 0 Å². The molecule has 0 saturated heterocycles. The second-order valence-electron chi connectivity index (χ2n) is 6.65. The summed E-state index contributed by atoms with van der Waals surface area (Å²) >= 11 is 1.69. The third kappa shape index (κ3) is 6.21. The lowest BCUT2D eigenvalue weighted by molar-refractivity contribution is 0.785. The Morgan fingerprint density at radius 3 is 2.63 bits per heavy atom. The number of guanidine groups is 1. The van der Waals surface area contributed by atoms with Crippen LogP contribution in [-0.4, -0.2) is 31.1 Å². The summed E-state index contributed by atoms with van der Waals surface area (Å²) in [6.45, 7) is 7.75. The average molecular weight is 497 g/mol. The van der Waals surface area contributed by atoms with Gasteiger partial charge >= 0.3 is 0 Å². The van der Waals surface area contributed by atoms with Gasteiger partial charge in [0, 0.05) is 37.7 Å². The number of benzene rings is 1. The smallest absolute Gasteiger partial charge is 0.191 e. The summed E-state index contributed by atoms with van der Waals surface area (Å²) in [7, 11) is 1.79. The number of aliphatic imine (C=N–C) groups is 1. The fourth-order valence-electron chi connectivity index (χ4n) is 2.79. The van der Waals surface area contributed by atoms with Crippen molar-refractivity contribution < 1.29 is 0 Å². The highest BCUT2D eigenvalue weighted by atomic mass is 127. The molecular weight excluding hydrogens is 469 g/mol. The fraction of sp³-hybridized carbons (Fsp3) is 0.400. The van der Waals surface area contributed by atoms with E-state index in [0.29, 0.717) is 12.5 Å². The van der Waals surface area contributed by atoms with Crippen molar-refractivity contribution in [2.45, 2.75) is 32.9 Å². The van der Waals surface area contributed by atoms with Crippen molar-refractivity contribution in [3.63, 3.8) is 0 Å². The van der Waals surface area contributed by atoms with Gasteiger partial charge in [-0.1, -0.05) is 38.1 Å². The highest BCUT2D eigenvalue weighted by Crippen LogP contribution is 2.19. The van der Waals surface area contributed by atoms with E-state index in [9.17, 15) is 0 Å².